The molecule has 1 heterocycles. The molecule has 0 saturated heterocycles. The first-order valence-corrected chi connectivity index (χ1v) is 6.48. The Labute approximate surface area is 95.9 Å². The number of rotatable bonds is 1. The van der Waals surface area contributed by atoms with E-state index >= 15 is 0 Å². The molecule has 2 rings (SSSR count). The van der Waals surface area contributed by atoms with Crippen LogP contribution in [0.25, 0.3) is 6.08 Å². The van der Waals surface area contributed by atoms with E-state index in [0.717, 1.165) is 0 Å². The molecule has 78 valence electrons. The molecule has 0 radical (unpaired) electrons. The lowest BCUT2D eigenvalue weighted by Gasteiger charge is -2.02. The third-order valence-corrected chi connectivity index (χ3v) is 5.09. The predicted molar refractivity (Wildman–Crippen MR) is 60.0 cm³/mol. The Kier molecular flexibility index (Phi) is 2.31. The van der Waals surface area contributed by atoms with E-state index in [1.54, 1.807) is 18.2 Å². The van der Waals surface area contributed by atoms with Crippen molar-refractivity contribution < 1.29 is 13.2 Å². The van der Waals surface area contributed by atoms with Gasteiger partial charge in [-0.2, -0.15) is 0 Å². The molecular weight excluding hydrogens is 280 g/mol. The Morgan fingerprint density at radius 1 is 1.33 bits per heavy atom. The minimum absolute atomic E-state index is 0.135. The lowest BCUT2D eigenvalue weighted by molar-refractivity contribution is -0.112. The van der Waals surface area contributed by atoms with Crippen LogP contribution in [0.3, 0.4) is 0 Å². The Morgan fingerprint density at radius 3 is 2.53 bits per heavy atom. The summed E-state index contributed by atoms with van der Waals surface area (Å²) in [6.07, 6.45) is 1.41. The average Bonchev–Trinajstić information content (AvgIpc) is 2.39. The van der Waals surface area contributed by atoms with E-state index in [4.69, 9.17) is 0 Å². The van der Waals surface area contributed by atoms with E-state index in [0.29, 0.717) is 10.0 Å². The van der Waals surface area contributed by atoms with Gasteiger partial charge in [-0.25, -0.2) is 8.42 Å². The fraction of sp³-hybridized carbons (Fsp3) is 0.100. The van der Waals surface area contributed by atoms with Crippen LogP contribution in [-0.2, 0) is 14.6 Å². The molecule has 3 nitrogen and oxygen atoms in total. The van der Waals surface area contributed by atoms with Crippen LogP contribution in [0.2, 0.25) is 0 Å². The van der Waals surface area contributed by atoms with Crippen LogP contribution < -0.4 is 0 Å². The van der Waals surface area contributed by atoms with E-state index in [-0.39, 0.29) is 9.80 Å². The van der Waals surface area contributed by atoms with E-state index < -0.39 is 15.6 Å². The van der Waals surface area contributed by atoms with Gasteiger partial charge in [-0.05, 0) is 40.6 Å². The highest BCUT2D eigenvalue weighted by Gasteiger charge is 2.33. The topological polar surface area (TPSA) is 51.2 Å². The zero-order valence-electron chi connectivity index (χ0n) is 7.82. The van der Waals surface area contributed by atoms with Crippen LogP contribution in [0.5, 0.6) is 0 Å². The second-order valence-corrected chi connectivity index (χ2v) is 5.94. The molecule has 0 atom stereocenters. The van der Waals surface area contributed by atoms with Crippen LogP contribution in [-0.4, -0.2) is 14.2 Å². The molecule has 1 aromatic carbocycles. The minimum atomic E-state index is -3.61. The van der Waals surface area contributed by atoms with Gasteiger partial charge in [0.25, 0.3) is 0 Å². The molecule has 1 aliphatic rings. The number of fused-ring (bicyclic) bond motifs is 1. The Bertz CT molecular complexity index is 585. The lowest BCUT2D eigenvalue weighted by atomic mass is 10.2. The van der Waals surface area contributed by atoms with Crippen molar-refractivity contribution in [1.29, 1.82) is 0 Å². The summed E-state index contributed by atoms with van der Waals surface area (Å²) in [6.45, 7) is 1.25. The van der Waals surface area contributed by atoms with Gasteiger partial charge in [-0.15, -0.1) is 0 Å². The van der Waals surface area contributed by atoms with Crippen molar-refractivity contribution in [1.82, 2.24) is 0 Å². The summed E-state index contributed by atoms with van der Waals surface area (Å²) in [6, 6.07) is 5.05. The predicted octanol–water partition coefficient (Wildman–Crippen LogP) is 2.17. The van der Waals surface area contributed by atoms with Gasteiger partial charge in [0.05, 0.1) is 4.90 Å². The summed E-state index contributed by atoms with van der Waals surface area (Å²) in [5, 5.41) is 0. The maximum Gasteiger partial charge on any atom is 0.211 e. The molecule has 0 aliphatic carbocycles. The lowest BCUT2D eigenvalue weighted by Crippen LogP contribution is -2.07. The van der Waals surface area contributed by atoms with Gasteiger partial charge in [0.2, 0.25) is 9.84 Å². The van der Waals surface area contributed by atoms with E-state index in [2.05, 4.69) is 15.9 Å². The largest absolute Gasteiger partial charge is 0.294 e. The maximum absolute atomic E-state index is 11.9. The second-order valence-electron chi connectivity index (χ2n) is 3.23. The molecular formula is C10H7BrO3S. The van der Waals surface area contributed by atoms with Gasteiger partial charge < -0.3 is 0 Å². The van der Waals surface area contributed by atoms with Crippen molar-refractivity contribution >= 4 is 37.6 Å². The van der Waals surface area contributed by atoms with Crippen molar-refractivity contribution in [3.63, 3.8) is 0 Å². The molecule has 0 fully saturated rings. The molecule has 0 saturated carbocycles. The Hall–Kier alpha value is -0.940. The first kappa shape index (κ1) is 10.6. The van der Waals surface area contributed by atoms with Crippen LogP contribution in [0, 0.1) is 0 Å². The number of allylic oxidation sites excluding steroid dienone is 1. The minimum Gasteiger partial charge on any atom is -0.294 e. The second kappa shape index (κ2) is 3.28. The highest BCUT2D eigenvalue weighted by molar-refractivity contribution is 9.10. The van der Waals surface area contributed by atoms with E-state index in [1.165, 1.54) is 13.0 Å². The molecule has 0 unspecified atom stereocenters. The maximum atomic E-state index is 11.9. The quantitative estimate of drug-likeness (QED) is 0.795. The van der Waals surface area contributed by atoms with Gasteiger partial charge in [0.1, 0.15) is 4.91 Å². The first-order valence-electron chi connectivity index (χ1n) is 4.21. The van der Waals surface area contributed by atoms with Crippen LogP contribution in [0.4, 0.5) is 0 Å². The summed E-state index contributed by atoms with van der Waals surface area (Å²) >= 11 is 3.18. The number of carbonyl (C=O) groups excluding carboxylic acids is 1. The van der Waals surface area contributed by atoms with Crippen molar-refractivity contribution in [3.8, 4) is 0 Å². The Balaban J connectivity index is 2.80. The van der Waals surface area contributed by atoms with Gasteiger partial charge >= 0.3 is 0 Å². The van der Waals surface area contributed by atoms with E-state index in [9.17, 15) is 13.2 Å². The number of benzene rings is 1. The molecule has 1 aromatic rings. The van der Waals surface area contributed by atoms with Gasteiger partial charge in [0.15, 0.2) is 5.78 Å². The van der Waals surface area contributed by atoms with Crippen molar-refractivity contribution in [2.45, 2.75) is 11.8 Å². The van der Waals surface area contributed by atoms with Crippen LogP contribution in [0.1, 0.15) is 12.5 Å². The Morgan fingerprint density at radius 2 is 2.00 bits per heavy atom. The number of hydrogen-bond acceptors (Lipinski definition) is 3. The summed E-state index contributed by atoms with van der Waals surface area (Å²) < 4.78 is 24.3. The molecule has 5 heteroatoms. The molecule has 0 N–H and O–H groups in total. The highest BCUT2D eigenvalue weighted by Crippen LogP contribution is 2.37. The summed E-state index contributed by atoms with van der Waals surface area (Å²) in [7, 11) is -3.61. The molecule has 1 aliphatic heterocycles. The van der Waals surface area contributed by atoms with Crippen LogP contribution >= 0.6 is 15.9 Å². The van der Waals surface area contributed by atoms with Crippen LogP contribution in [0.15, 0.2) is 32.5 Å². The third-order valence-electron chi connectivity index (χ3n) is 2.19. The van der Waals surface area contributed by atoms with Crippen molar-refractivity contribution in [2.24, 2.45) is 0 Å². The number of Topliss-reactive ketones (excluding diaryl/α,β-unsaturated/α-hetero) is 1. The number of hydrogen-bond donors (Lipinski definition) is 0. The SMILES string of the molecule is CC(=O)C1=Cc2cccc(Br)c2S1(=O)=O. The molecule has 0 spiro atoms. The zero-order valence-corrected chi connectivity index (χ0v) is 10.2. The van der Waals surface area contributed by atoms with E-state index in [1.807, 2.05) is 0 Å². The number of halogens is 1. The smallest absolute Gasteiger partial charge is 0.211 e. The molecule has 0 bridgehead atoms. The zero-order chi connectivity index (χ0) is 11.2. The first-order chi connectivity index (χ1) is 6.94. The normalized spacial score (nSPS) is 17.1. The number of ketones is 1. The van der Waals surface area contributed by atoms with Gasteiger partial charge in [-0.1, -0.05) is 12.1 Å². The standard InChI is InChI=1S/C10H7BrO3S/c1-6(12)9-5-7-3-2-4-8(11)10(7)15(9,13)14/h2-5H,1H3. The van der Waals surface area contributed by atoms with Gasteiger partial charge in [-0.3, -0.25) is 4.79 Å². The molecule has 0 aromatic heterocycles. The summed E-state index contributed by atoms with van der Waals surface area (Å²) in [4.78, 5) is 11.2. The average molecular weight is 287 g/mol. The molecule has 0 amide bonds. The summed E-state index contributed by atoms with van der Waals surface area (Å²) in [5.41, 5.74) is 0.564. The fourth-order valence-corrected chi connectivity index (χ4v) is 4.21. The monoisotopic (exact) mass is 286 g/mol. The van der Waals surface area contributed by atoms with Crippen molar-refractivity contribution in [3.05, 3.63) is 33.1 Å². The fourth-order valence-electron chi connectivity index (χ4n) is 1.54. The molecule has 15 heavy (non-hydrogen) atoms. The van der Waals surface area contributed by atoms with Crippen molar-refractivity contribution in [2.75, 3.05) is 0 Å². The number of sulfone groups is 1. The summed E-state index contributed by atoms with van der Waals surface area (Å²) in [5.74, 6) is -0.432. The highest BCUT2D eigenvalue weighted by atomic mass is 79.9. The third kappa shape index (κ3) is 1.46. The van der Waals surface area contributed by atoms with Gasteiger partial charge in [0, 0.05) is 4.47 Å². The number of carbonyl (C=O) groups is 1.